The van der Waals surface area contributed by atoms with Gasteiger partial charge in [0.15, 0.2) is 0 Å². The summed E-state index contributed by atoms with van der Waals surface area (Å²) in [6, 6.07) is 9.79. The lowest BCUT2D eigenvalue weighted by Crippen LogP contribution is -2.25. The van der Waals surface area contributed by atoms with E-state index in [1.165, 1.54) is 25.7 Å². The molecule has 3 rings (SSSR count). The predicted octanol–water partition coefficient (Wildman–Crippen LogP) is 3.16. The quantitative estimate of drug-likeness (QED) is 0.662. The summed E-state index contributed by atoms with van der Waals surface area (Å²) in [6.07, 6.45) is 5.79. The zero-order valence-electron chi connectivity index (χ0n) is 12.0. The molecule has 1 aromatic rings. The second-order valence-corrected chi connectivity index (χ2v) is 6.23. The van der Waals surface area contributed by atoms with Gasteiger partial charge in [0.05, 0.1) is 6.42 Å². The van der Waals surface area contributed by atoms with Crippen LogP contribution in [0, 0.1) is 17.8 Å². The lowest BCUT2D eigenvalue weighted by Gasteiger charge is -2.21. The smallest absolute Gasteiger partial charge is 0.244 e. The third-order valence-corrected chi connectivity index (χ3v) is 4.84. The van der Waals surface area contributed by atoms with Gasteiger partial charge >= 0.3 is 0 Å². The van der Waals surface area contributed by atoms with Gasteiger partial charge in [-0.1, -0.05) is 36.8 Å². The molecule has 3 nitrogen and oxygen atoms in total. The van der Waals surface area contributed by atoms with Crippen LogP contribution >= 0.6 is 0 Å². The third kappa shape index (κ3) is 2.92. The Morgan fingerprint density at radius 3 is 2.70 bits per heavy atom. The van der Waals surface area contributed by atoms with Gasteiger partial charge in [0.25, 0.3) is 0 Å². The normalized spacial score (nSPS) is 28.6. The second-order valence-electron chi connectivity index (χ2n) is 6.23. The van der Waals surface area contributed by atoms with E-state index in [9.17, 15) is 4.79 Å². The molecule has 0 aliphatic heterocycles. The molecule has 20 heavy (non-hydrogen) atoms. The topological polar surface area (TPSA) is 41.5 Å². The van der Waals surface area contributed by atoms with Crippen LogP contribution in [0.15, 0.2) is 35.4 Å². The van der Waals surface area contributed by atoms with Crippen molar-refractivity contribution in [2.24, 2.45) is 22.9 Å². The Bertz CT molecular complexity index is 509. The van der Waals surface area contributed by atoms with E-state index in [2.05, 4.69) is 17.5 Å². The van der Waals surface area contributed by atoms with Crippen LogP contribution in [-0.2, 0) is 11.2 Å². The number of benzene rings is 1. The van der Waals surface area contributed by atoms with Crippen molar-refractivity contribution in [3.05, 3.63) is 35.9 Å². The highest BCUT2D eigenvalue weighted by Crippen LogP contribution is 2.48. The van der Waals surface area contributed by atoms with Crippen LogP contribution < -0.4 is 5.43 Å². The minimum atomic E-state index is -0.0290. The van der Waals surface area contributed by atoms with Crippen molar-refractivity contribution in [2.45, 2.75) is 39.0 Å². The third-order valence-electron chi connectivity index (χ3n) is 4.84. The van der Waals surface area contributed by atoms with Gasteiger partial charge in [-0.3, -0.25) is 4.79 Å². The first-order valence-corrected chi connectivity index (χ1v) is 7.59. The van der Waals surface area contributed by atoms with E-state index in [1.807, 2.05) is 30.3 Å². The highest BCUT2D eigenvalue weighted by atomic mass is 16.2. The lowest BCUT2D eigenvalue weighted by molar-refractivity contribution is -0.120. The molecule has 3 atom stereocenters. The van der Waals surface area contributed by atoms with Gasteiger partial charge in [0.2, 0.25) is 5.91 Å². The van der Waals surface area contributed by atoms with Crippen LogP contribution in [-0.4, -0.2) is 11.6 Å². The molecule has 0 spiro atoms. The number of carbonyl (C=O) groups excluding carboxylic acids is 1. The minimum absolute atomic E-state index is 0.0290. The van der Waals surface area contributed by atoms with E-state index in [4.69, 9.17) is 0 Å². The maximum absolute atomic E-state index is 11.9. The number of carbonyl (C=O) groups is 1. The van der Waals surface area contributed by atoms with E-state index in [0.29, 0.717) is 12.3 Å². The van der Waals surface area contributed by atoms with Crippen LogP contribution in [0.4, 0.5) is 0 Å². The molecule has 106 valence electrons. The molecule has 3 unspecified atom stereocenters. The Hall–Kier alpha value is -1.64. The Morgan fingerprint density at radius 2 is 2.05 bits per heavy atom. The molecule has 2 bridgehead atoms. The van der Waals surface area contributed by atoms with E-state index in [0.717, 1.165) is 23.1 Å². The number of hydrazone groups is 1. The number of hydrogen-bond donors (Lipinski definition) is 1. The van der Waals surface area contributed by atoms with Gasteiger partial charge in [-0.25, -0.2) is 5.43 Å². The summed E-state index contributed by atoms with van der Waals surface area (Å²) in [7, 11) is 0. The first-order chi connectivity index (χ1) is 9.72. The predicted molar refractivity (Wildman–Crippen MR) is 80.3 cm³/mol. The fourth-order valence-electron chi connectivity index (χ4n) is 3.81. The van der Waals surface area contributed by atoms with Crippen LogP contribution in [0.2, 0.25) is 0 Å². The second kappa shape index (κ2) is 5.78. The number of fused-ring (bicyclic) bond motifs is 2. The number of nitrogens with zero attached hydrogens (tertiary/aromatic N) is 1. The fourth-order valence-corrected chi connectivity index (χ4v) is 3.81. The Kier molecular flexibility index (Phi) is 3.86. The zero-order chi connectivity index (χ0) is 13.9. The van der Waals surface area contributed by atoms with E-state index >= 15 is 0 Å². The number of rotatable bonds is 4. The highest BCUT2D eigenvalue weighted by Gasteiger charge is 2.40. The summed E-state index contributed by atoms with van der Waals surface area (Å²) >= 11 is 0. The molecule has 3 heteroatoms. The zero-order valence-corrected chi connectivity index (χ0v) is 12.0. The highest BCUT2D eigenvalue weighted by molar-refractivity contribution is 5.87. The van der Waals surface area contributed by atoms with Crippen LogP contribution in [0.3, 0.4) is 0 Å². The van der Waals surface area contributed by atoms with Crippen LogP contribution in [0.5, 0.6) is 0 Å². The average molecular weight is 270 g/mol. The molecule has 2 saturated carbocycles. The summed E-state index contributed by atoms with van der Waals surface area (Å²) in [4.78, 5) is 11.9. The molecular weight excluding hydrogens is 248 g/mol. The molecule has 0 heterocycles. The van der Waals surface area contributed by atoms with Gasteiger partial charge in [-0.2, -0.15) is 5.10 Å². The van der Waals surface area contributed by atoms with E-state index in [-0.39, 0.29) is 5.91 Å². The molecule has 0 radical (unpaired) electrons. The first-order valence-electron chi connectivity index (χ1n) is 7.59. The summed E-state index contributed by atoms with van der Waals surface area (Å²) in [5, 5.41) is 4.34. The Morgan fingerprint density at radius 1 is 1.25 bits per heavy atom. The lowest BCUT2D eigenvalue weighted by atomic mass is 9.86. The fraction of sp³-hybridized carbons (Fsp3) is 0.529. The summed E-state index contributed by atoms with van der Waals surface area (Å²) in [5.41, 5.74) is 4.85. The van der Waals surface area contributed by atoms with E-state index < -0.39 is 0 Å². The van der Waals surface area contributed by atoms with Crippen molar-refractivity contribution in [2.75, 3.05) is 0 Å². The minimum Gasteiger partial charge on any atom is -0.273 e. The summed E-state index contributed by atoms with van der Waals surface area (Å²) in [6.45, 7) is 2.06. The first kappa shape index (κ1) is 13.3. The van der Waals surface area contributed by atoms with Gasteiger partial charge in [-0.15, -0.1) is 0 Å². The number of hydrogen-bond acceptors (Lipinski definition) is 2. The Balaban J connectivity index is 1.53. The van der Waals surface area contributed by atoms with Gasteiger partial charge in [0.1, 0.15) is 0 Å². The molecule has 1 N–H and O–H groups in total. The standard InChI is InChI=1S/C17H22N2O/c1-12(16-10-14-7-8-15(16)9-14)18-19-17(20)11-13-5-3-2-4-6-13/h2-6,14-16H,7-11H2,1H3,(H,19,20)/b18-12+. The van der Waals surface area contributed by atoms with Crippen LogP contribution in [0.1, 0.15) is 38.2 Å². The molecule has 1 aromatic carbocycles. The average Bonchev–Trinajstić information content (AvgIpc) is 3.08. The summed E-state index contributed by atoms with van der Waals surface area (Å²) < 4.78 is 0. The van der Waals surface area contributed by atoms with Crippen LogP contribution in [0.25, 0.3) is 0 Å². The van der Waals surface area contributed by atoms with Crippen molar-refractivity contribution in [3.63, 3.8) is 0 Å². The van der Waals surface area contributed by atoms with Crippen molar-refractivity contribution >= 4 is 11.6 Å². The van der Waals surface area contributed by atoms with E-state index in [1.54, 1.807) is 0 Å². The van der Waals surface area contributed by atoms with Crippen molar-refractivity contribution in [3.8, 4) is 0 Å². The SMILES string of the molecule is C/C(=N\NC(=O)Cc1ccccc1)C1CC2CCC1C2. The molecular formula is C17H22N2O. The Labute approximate surface area is 120 Å². The molecule has 2 fully saturated rings. The van der Waals surface area contributed by atoms with Crippen molar-refractivity contribution in [1.82, 2.24) is 5.43 Å². The maximum atomic E-state index is 11.9. The summed E-state index contributed by atoms with van der Waals surface area (Å²) in [5.74, 6) is 2.30. The molecule has 0 saturated heterocycles. The van der Waals surface area contributed by atoms with Gasteiger partial charge in [0, 0.05) is 11.6 Å². The number of amides is 1. The largest absolute Gasteiger partial charge is 0.273 e. The molecule has 1 amide bonds. The molecule has 2 aliphatic carbocycles. The van der Waals surface area contributed by atoms with Crippen molar-refractivity contribution in [1.29, 1.82) is 0 Å². The molecule has 0 aromatic heterocycles. The van der Waals surface area contributed by atoms with Crippen molar-refractivity contribution < 1.29 is 4.79 Å². The monoisotopic (exact) mass is 270 g/mol. The van der Waals surface area contributed by atoms with Gasteiger partial charge < -0.3 is 0 Å². The molecule has 2 aliphatic rings. The van der Waals surface area contributed by atoms with Gasteiger partial charge in [-0.05, 0) is 43.6 Å². The maximum Gasteiger partial charge on any atom is 0.244 e. The number of nitrogens with one attached hydrogen (secondary N) is 1.